The van der Waals surface area contributed by atoms with Crippen LogP contribution in [0.5, 0.6) is 5.75 Å². The van der Waals surface area contributed by atoms with Gasteiger partial charge in [0.1, 0.15) is 18.1 Å². The molecule has 2 heterocycles. The number of ether oxygens (including phenoxy) is 1. The van der Waals surface area contributed by atoms with Crippen LogP contribution in [0.2, 0.25) is 5.02 Å². The van der Waals surface area contributed by atoms with Crippen LogP contribution in [0, 0.1) is 13.8 Å². The van der Waals surface area contributed by atoms with E-state index in [4.69, 9.17) is 20.9 Å². The molecule has 0 atom stereocenters. The number of benzene rings is 1. The molecular formula is C18H19ClN4O3. The summed E-state index contributed by atoms with van der Waals surface area (Å²) in [5.74, 6) is 0.669. The summed E-state index contributed by atoms with van der Waals surface area (Å²) in [4.78, 5) is 12.6. The minimum absolute atomic E-state index is 0.120. The molecule has 2 aromatic heterocycles. The average molecular weight is 375 g/mol. The first kappa shape index (κ1) is 18.0. The molecule has 26 heavy (non-hydrogen) atoms. The Labute approximate surface area is 155 Å². The predicted octanol–water partition coefficient (Wildman–Crippen LogP) is 3.99. The zero-order valence-corrected chi connectivity index (χ0v) is 15.5. The Morgan fingerprint density at radius 2 is 2.12 bits per heavy atom. The fourth-order valence-electron chi connectivity index (χ4n) is 2.44. The Bertz CT molecular complexity index is 932. The predicted molar refractivity (Wildman–Crippen MR) is 97.6 cm³/mol. The molecule has 136 valence electrons. The zero-order valence-electron chi connectivity index (χ0n) is 14.7. The van der Waals surface area contributed by atoms with Crippen LogP contribution in [-0.2, 0) is 13.2 Å². The summed E-state index contributed by atoms with van der Waals surface area (Å²) in [7, 11) is 0. The summed E-state index contributed by atoms with van der Waals surface area (Å²) in [6.45, 7) is 6.38. The van der Waals surface area contributed by atoms with Crippen molar-refractivity contribution in [2.45, 2.75) is 33.9 Å². The van der Waals surface area contributed by atoms with Gasteiger partial charge in [0.2, 0.25) is 0 Å². The van der Waals surface area contributed by atoms with E-state index in [9.17, 15) is 4.79 Å². The van der Waals surface area contributed by atoms with Crippen LogP contribution in [-0.4, -0.2) is 20.8 Å². The van der Waals surface area contributed by atoms with E-state index in [0.29, 0.717) is 27.8 Å². The van der Waals surface area contributed by atoms with E-state index in [1.165, 1.54) is 0 Å². The van der Waals surface area contributed by atoms with E-state index >= 15 is 0 Å². The molecule has 0 aliphatic rings. The molecule has 0 unspecified atom stereocenters. The highest BCUT2D eigenvalue weighted by Gasteiger charge is 2.22. The lowest BCUT2D eigenvalue weighted by Crippen LogP contribution is -2.15. The van der Waals surface area contributed by atoms with E-state index in [1.807, 2.05) is 26.0 Å². The fraction of sp³-hybridized carbons (Fsp3) is 0.278. The Hall–Kier alpha value is -2.80. The summed E-state index contributed by atoms with van der Waals surface area (Å²) in [5, 5.41) is 11.5. The Kier molecular flexibility index (Phi) is 5.27. The van der Waals surface area contributed by atoms with Gasteiger partial charge >= 0.3 is 0 Å². The lowest BCUT2D eigenvalue weighted by Gasteiger charge is -2.08. The van der Waals surface area contributed by atoms with Crippen molar-refractivity contribution in [1.29, 1.82) is 0 Å². The third-order valence-corrected chi connectivity index (χ3v) is 4.24. The first-order chi connectivity index (χ1) is 12.5. The van der Waals surface area contributed by atoms with E-state index in [1.54, 1.807) is 29.9 Å². The second kappa shape index (κ2) is 7.61. The number of nitrogens with zero attached hydrogens (tertiary/aromatic N) is 3. The number of halogens is 1. The van der Waals surface area contributed by atoms with Crippen LogP contribution >= 0.6 is 11.6 Å². The van der Waals surface area contributed by atoms with Gasteiger partial charge in [-0.3, -0.25) is 9.48 Å². The molecular weight excluding hydrogens is 356 g/mol. The van der Waals surface area contributed by atoms with Gasteiger partial charge in [0, 0.05) is 12.7 Å². The number of hydrogen-bond donors (Lipinski definition) is 1. The molecule has 0 saturated carbocycles. The van der Waals surface area contributed by atoms with Gasteiger partial charge < -0.3 is 14.6 Å². The smallest absolute Gasteiger partial charge is 0.278 e. The first-order valence-corrected chi connectivity index (χ1v) is 8.55. The number of rotatable bonds is 6. The Morgan fingerprint density at radius 3 is 2.81 bits per heavy atom. The molecule has 8 heteroatoms. The van der Waals surface area contributed by atoms with E-state index in [-0.39, 0.29) is 18.2 Å². The molecule has 0 radical (unpaired) electrons. The molecule has 1 aromatic carbocycles. The molecule has 0 saturated heterocycles. The molecule has 1 N–H and O–H groups in total. The number of aromatic nitrogens is 3. The van der Waals surface area contributed by atoms with E-state index < -0.39 is 0 Å². The van der Waals surface area contributed by atoms with Gasteiger partial charge in [0.15, 0.2) is 5.69 Å². The summed E-state index contributed by atoms with van der Waals surface area (Å²) in [6.07, 6.45) is 1.78. The highest BCUT2D eigenvalue weighted by molar-refractivity contribution is 6.32. The molecule has 3 rings (SSSR count). The lowest BCUT2D eigenvalue weighted by molar-refractivity contribution is 0.101. The van der Waals surface area contributed by atoms with Crippen LogP contribution in [0.15, 0.2) is 35.0 Å². The van der Waals surface area contributed by atoms with Crippen molar-refractivity contribution in [3.05, 3.63) is 58.2 Å². The SMILES string of the molecule is CCn1cc(NC(=O)c2noc(C)c2COc2ccccc2Cl)c(C)n1. The normalized spacial score (nSPS) is 10.8. The Morgan fingerprint density at radius 1 is 1.35 bits per heavy atom. The van der Waals surface area contributed by atoms with Gasteiger partial charge in [0.05, 0.1) is 22.0 Å². The minimum atomic E-state index is -0.377. The van der Waals surface area contributed by atoms with Crippen LogP contribution < -0.4 is 10.1 Å². The van der Waals surface area contributed by atoms with Crippen molar-refractivity contribution in [3.8, 4) is 5.75 Å². The molecule has 7 nitrogen and oxygen atoms in total. The number of amides is 1. The summed E-state index contributed by atoms with van der Waals surface area (Å²) in [5.41, 5.74) is 2.12. The van der Waals surface area contributed by atoms with Gasteiger partial charge in [-0.1, -0.05) is 28.9 Å². The van der Waals surface area contributed by atoms with E-state index in [2.05, 4.69) is 15.6 Å². The van der Waals surface area contributed by atoms with Gasteiger partial charge in [0.25, 0.3) is 5.91 Å². The maximum absolute atomic E-state index is 12.6. The summed E-state index contributed by atoms with van der Waals surface area (Å²) < 4.78 is 12.7. The number of para-hydroxylation sites is 1. The number of nitrogens with one attached hydrogen (secondary N) is 1. The van der Waals surface area contributed by atoms with Gasteiger partial charge in [-0.25, -0.2) is 0 Å². The highest BCUT2D eigenvalue weighted by Crippen LogP contribution is 2.25. The van der Waals surface area contributed by atoms with Crippen molar-refractivity contribution in [3.63, 3.8) is 0 Å². The third-order valence-electron chi connectivity index (χ3n) is 3.93. The molecule has 0 aliphatic heterocycles. The molecule has 1 amide bonds. The van der Waals surface area contributed by atoms with Gasteiger partial charge in [-0.05, 0) is 32.9 Å². The fourth-order valence-corrected chi connectivity index (χ4v) is 2.63. The monoisotopic (exact) mass is 374 g/mol. The third kappa shape index (κ3) is 3.72. The number of carbonyl (C=O) groups excluding carboxylic acids is 1. The van der Waals surface area contributed by atoms with Gasteiger partial charge in [-0.2, -0.15) is 5.10 Å². The first-order valence-electron chi connectivity index (χ1n) is 8.17. The van der Waals surface area contributed by atoms with Crippen molar-refractivity contribution >= 4 is 23.2 Å². The van der Waals surface area contributed by atoms with Crippen molar-refractivity contribution in [1.82, 2.24) is 14.9 Å². The summed E-state index contributed by atoms with van der Waals surface area (Å²) in [6, 6.07) is 7.13. The molecule has 0 spiro atoms. The minimum Gasteiger partial charge on any atom is -0.487 e. The molecule has 3 aromatic rings. The van der Waals surface area contributed by atoms with Crippen molar-refractivity contribution < 1.29 is 14.1 Å². The topological polar surface area (TPSA) is 82.2 Å². The van der Waals surface area contributed by atoms with Crippen LogP contribution in [0.25, 0.3) is 0 Å². The maximum atomic E-state index is 12.6. The van der Waals surface area contributed by atoms with Gasteiger partial charge in [-0.15, -0.1) is 0 Å². The van der Waals surface area contributed by atoms with Crippen LogP contribution in [0.3, 0.4) is 0 Å². The standard InChI is InChI=1S/C18H19ClN4O3/c1-4-23-9-15(11(2)21-23)20-18(24)17-13(12(3)26-22-17)10-25-16-8-6-5-7-14(16)19/h5-9H,4,10H2,1-3H3,(H,20,24). The number of carbonyl (C=O) groups is 1. The second-order valence-corrected chi connectivity index (χ2v) is 6.13. The quantitative estimate of drug-likeness (QED) is 0.705. The van der Waals surface area contributed by atoms with E-state index in [0.717, 1.165) is 12.2 Å². The van der Waals surface area contributed by atoms with Crippen LogP contribution in [0.1, 0.15) is 34.4 Å². The Balaban J connectivity index is 1.77. The maximum Gasteiger partial charge on any atom is 0.278 e. The lowest BCUT2D eigenvalue weighted by atomic mass is 10.2. The number of hydrogen-bond acceptors (Lipinski definition) is 5. The largest absolute Gasteiger partial charge is 0.487 e. The number of anilines is 1. The molecule has 0 aliphatic carbocycles. The average Bonchev–Trinajstić information content (AvgIpc) is 3.17. The second-order valence-electron chi connectivity index (χ2n) is 5.72. The number of aryl methyl sites for hydroxylation is 3. The van der Waals surface area contributed by atoms with Crippen molar-refractivity contribution in [2.75, 3.05) is 5.32 Å². The van der Waals surface area contributed by atoms with Crippen molar-refractivity contribution in [2.24, 2.45) is 0 Å². The molecule has 0 fully saturated rings. The van der Waals surface area contributed by atoms with Crippen LogP contribution in [0.4, 0.5) is 5.69 Å². The summed E-state index contributed by atoms with van der Waals surface area (Å²) >= 11 is 6.09. The highest BCUT2D eigenvalue weighted by atomic mass is 35.5. The zero-order chi connectivity index (χ0) is 18.7. The molecule has 0 bridgehead atoms.